The van der Waals surface area contributed by atoms with Crippen LogP contribution in [0.15, 0.2) is 47.6 Å². The van der Waals surface area contributed by atoms with Crippen LogP contribution in [0.3, 0.4) is 0 Å². The molecule has 0 bridgehead atoms. The molecule has 0 saturated carbocycles. The van der Waals surface area contributed by atoms with Crippen molar-refractivity contribution in [2.24, 2.45) is 5.10 Å². The number of nitrogens with two attached hydrogens (primary N) is 1. The Morgan fingerprint density at radius 2 is 1.96 bits per heavy atom. The van der Waals surface area contributed by atoms with Crippen molar-refractivity contribution in [3.8, 4) is 11.5 Å². The highest BCUT2D eigenvalue weighted by Gasteiger charge is 2.20. The maximum Gasteiger partial charge on any atom is 0.247 e. The van der Waals surface area contributed by atoms with Crippen LogP contribution in [0.2, 0.25) is 0 Å². The third-order valence-electron chi connectivity index (χ3n) is 4.44. The molecule has 0 saturated heterocycles. The first-order valence-corrected chi connectivity index (χ1v) is 9.14. The molecule has 0 aliphatic carbocycles. The molecule has 6 nitrogen and oxygen atoms in total. The number of anilines is 1. The van der Waals surface area contributed by atoms with Gasteiger partial charge in [0, 0.05) is 17.8 Å². The normalized spacial score (nSPS) is 13.9. The SMILES string of the molecule is CCOc1cc(C2=NN(C(=O)Cc3ccc(N)cc3)CCC2)ccc1OC. The molecule has 6 heteroatoms. The number of nitrogens with zero attached hydrogens (tertiary/aromatic N) is 2. The van der Waals surface area contributed by atoms with Crippen LogP contribution < -0.4 is 15.2 Å². The molecule has 0 spiro atoms. The summed E-state index contributed by atoms with van der Waals surface area (Å²) in [6.07, 6.45) is 2.01. The maximum absolute atomic E-state index is 12.6. The van der Waals surface area contributed by atoms with E-state index < -0.39 is 0 Å². The first kappa shape index (κ1) is 18.8. The van der Waals surface area contributed by atoms with Crippen molar-refractivity contribution >= 4 is 17.3 Å². The highest BCUT2D eigenvalue weighted by Crippen LogP contribution is 2.29. The van der Waals surface area contributed by atoms with E-state index in [2.05, 4.69) is 5.10 Å². The Morgan fingerprint density at radius 1 is 1.19 bits per heavy atom. The minimum Gasteiger partial charge on any atom is -0.493 e. The van der Waals surface area contributed by atoms with Crippen LogP contribution in [0.25, 0.3) is 0 Å². The van der Waals surface area contributed by atoms with Gasteiger partial charge in [-0.05, 0) is 55.7 Å². The lowest BCUT2D eigenvalue weighted by atomic mass is 10.0. The number of hydrazone groups is 1. The van der Waals surface area contributed by atoms with E-state index in [-0.39, 0.29) is 5.91 Å². The zero-order valence-electron chi connectivity index (χ0n) is 15.8. The Bertz CT molecular complexity index is 831. The largest absolute Gasteiger partial charge is 0.493 e. The maximum atomic E-state index is 12.6. The van der Waals surface area contributed by atoms with E-state index in [4.69, 9.17) is 15.2 Å². The van der Waals surface area contributed by atoms with Crippen LogP contribution in [0.1, 0.15) is 30.9 Å². The second kappa shape index (κ2) is 8.58. The van der Waals surface area contributed by atoms with Gasteiger partial charge in [0.25, 0.3) is 0 Å². The molecule has 0 atom stereocenters. The molecular formula is C21H25N3O3. The monoisotopic (exact) mass is 367 g/mol. The third kappa shape index (κ3) is 4.58. The van der Waals surface area contributed by atoms with Crippen molar-refractivity contribution < 1.29 is 14.3 Å². The van der Waals surface area contributed by atoms with Gasteiger partial charge in [0.2, 0.25) is 5.91 Å². The second-order valence-electron chi connectivity index (χ2n) is 6.38. The Hall–Kier alpha value is -3.02. The lowest BCUT2D eigenvalue weighted by Crippen LogP contribution is -2.33. The molecule has 142 valence electrons. The number of carbonyl (C=O) groups excluding carboxylic acids is 1. The van der Waals surface area contributed by atoms with Crippen LogP contribution >= 0.6 is 0 Å². The summed E-state index contributed by atoms with van der Waals surface area (Å²) in [4.78, 5) is 12.6. The number of carbonyl (C=O) groups is 1. The van der Waals surface area contributed by atoms with E-state index >= 15 is 0 Å². The van der Waals surface area contributed by atoms with Gasteiger partial charge in [-0.2, -0.15) is 5.10 Å². The number of methoxy groups -OCH3 is 1. The fourth-order valence-corrected chi connectivity index (χ4v) is 3.05. The zero-order valence-corrected chi connectivity index (χ0v) is 15.8. The number of hydrogen-bond donors (Lipinski definition) is 1. The van der Waals surface area contributed by atoms with Gasteiger partial charge in [0.15, 0.2) is 11.5 Å². The van der Waals surface area contributed by atoms with Gasteiger partial charge < -0.3 is 15.2 Å². The van der Waals surface area contributed by atoms with Gasteiger partial charge in [-0.25, -0.2) is 5.01 Å². The van der Waals surface area contributed by atoms with Crippen molar-refractivity contribution in [2.45, 2.75) is 26.2 Å². The molecule has 2 N–H and O–H groups in total. The number of hydrogen-bond acceptors (Lipinski definition) is 5. The minimum absolute atomic E-state index is 0.0180. The molecule has 1 aliphatic heterocycles. The van der Waals surface area contributed by atoms with Crippen LogP contribution in [-0.2, 0) is 11.2 Å². The zero-order chi connectivity index (χ0) is 19.2. The summed E-state index contributed by atoms with van der Waals surface area (Å²) >= 11 is 0. The number of amides is 1. The fraction of sp³-hybridized carbons (Fsp3) is 0.333. The number of ether oxygens (including phenoxy) is 2. The van der Waals surface area contributed by atoms with E-state index in [1.807, 2.05) is 37.3 Å². The molecule has 1 heterocycles. The van der Waals surface area contributed by atoms with Crippen molar-refractivity contribution in [1.29, 1.82) is 0 Å². The van der Waals surface area contributed by atoms with Crippen LogP contribution in [0.5, 0.6) is 11.5 Å². The summed E-state index contributed by atoms with van der Waals surface area (Å²) in [5.41, 5.74) is 9.15. The van der Waals surface area contributed by atoms with Crippen LogP contribution in [-0.4, -0.2) is 36.9 Å². The highest BCUT2D eigenvalue weighted by molar-refractivity contribution is 6.02. The summed E-state index contributed by atoms with van der Waals surface area (Å²) in [6, 6.07) is 13.1. The predicted octanol–water partition coefficient (Wildman–Crippen LogP) is 3.25. The van der Waals surface area contributed by atoms with Crippen molar-refractivity contribution in [3.05, 3.63) is 53.6 Å². The van der Waals surface area contributed by atoms with Gasteiger partial charge in [-0.15, -0.1) is 0 Å². The Labute approximate surface area is 159 Å². The van der Waals surface area contributed by atoms with E-state index in [1.54, 1.807) is 24.3 Å². The van der Waals surface area contributed by atoms with E-state index in [1.165, 1.54) is 0 Å². The smallest absolute Gasteiger partial charge is 0.247 e. The van der Waals surface area contributed by atoms with Crippen molar-refractivity contribution in [3.63, 3.8) is 0 Å². The molecule has 2 aromatic rings. The van der Waals surface area contributed by atoms with Crippen molar-refractivity contribution in [1.82, 2.24) is 5.01 Å². The molecule has 1 aliphatic rings. The van der Waals surface area contributed by atoms with Gasteiger partial charge in [0.1, 0.15) is 0 Å². The molecule has 0 radical (unpaired) electrons. The summed E-state index contributed by atoms with van der Waals surface area (Å²) in [5.74, 6) is 1.36. The van der Waals surface area contributed by atoms with E-state index in [0.717, 1.165) is 29.7 Å². The Morgan fingerprint density at radius 3 is 2.67 bits per heavy atom. The third-order valence-corrected chi connectivity index (χ3v) is 4.44. The molecule has 0 unspecified atom stereocenters. The minimum atomic E-state index is -0.0180. The average Bonchev–Trinajstić information content (AvgIpc) is 2.70. The molecular weight excluding hydrogens is 342 g/mol. The first-order valence-electron chi connectivity index (χ1n) is 9.14. The average molecular weight is 367 g/mol. The molecule has 3 rings (SSSR count). The van der Waals surface area contributed by atoms with Crippen LogP contribution in [0.4, 0.5) is 5.69 Å². The molecule has 0 fully saturated rings. The van der Waals surface area contributed by atoms with Gasteiger partial charge in [-0.3, -0.25) is 4.79 Å². The second-order valence-corrected chi connectivity index (χ2v) is 6.38. The summed E-state index contributed by atoms with van der Waals surface area (Å²) < 4.78 is 11.0. The van der Waals surface area contributed by atoms with E-state index in [0.29, 0.717) is 36.8 Å². The highest BCUT2D eigenvalue weighted by atomic mass is 16.5. The summed E-state index contributed by atoms with van der Waals surface area (Å²) in [7, 11) is 1.62. The van der Waals surface area contributed by atoms with Gasteiger partial charge in [-0.1, -0.05) is 12.1 Å². The van der Waals surface area contributed by atoms with Crippen LogP contribution in [0, 0.1) is 0 Å². The summed E-state index contributed by atoms with van der Waals surface area (Å²) in [5, 5.41) is 6.17. The van der Waals surface area contributed by atoms with E-state index in [9.17, 15) is 4.79 Å². The quantitative estimate of drug-likeness (QED) is 0.795. The standard InChI is InChI=1S/C21H25N3O3/c1-3-27-20-14-16(8-11-19(20)26-2)18-5-4-12-24(23-18)21(25)13-15-6-9-17(22)10-7-15/h6-11,14H,3-5,12-13,22H2,1-2H3. The van der Waals surface area contributed by atoms with Gasteiger partial charge in [0.05, 0.1) is 25.8 Å². The Balaban J connectivity index is 1.78. The number of rotatable bonds is 6. The molecule has 1 amide bonds. The lowest BCUT2D eigenvalue weighted by molar-refractivity contribution is -0.130. The topological polar surface area (TPSA) is 77.2 Å². The van der Waals surface area contributed by atoms with Gasteiger partial charge >= 0.3 is 0 Å². The van der Waals surface area contributed by atoms with Crippen molar-refractivity contribution in [2.75, 3.05) is 26.0 Å². The lowest BCUT2D eigenvalue weighted by Gasteiger charge is -2.24. The number of benzene rings is 2. The summed E-state index contributed by atoms with van der Waals surface area (Å²) in [6.45, 7) is 3.12. The Kier molecular flexibility index (Phi) is 5.96. The molecule has 0 aromatic heterocycles. The molecule has 2 aromatic carbocycles. The predicted molar refractivity (Wildman–Crippen MR) is 106 cm³/mol. The first-order chi connectivity index (χ1) is 13.1. The number of nitrogen functional groups attached to an aromatic ring is 1. The fourth-order valence-electron chi connectivity index (χ4n) is 3.05. The molecule has 27 heavy (non-hydrogen) atoms.